The summed E-state index contributed by atoms with van der Waals surface area (Å²) in [6, 6.07) is 7.44. The molecular weight excluding hydrogens is 504 g/mol. The molecule has 42 heavy (non-hydrogen) atoms. The number of fused-ring (bicyclic) bond motifs is 1. The Bertz CT molecular complexity index is 1340. The highest BCUT2D eigenvalue weighted by atomic mass is 14.5. The first-order chi connectivity index (χ1) is 19.2. The Labute approximate surface area is 260 Å². The van der Waals surface area contributed by atoms with Gasteiger partial charge < -0.3 is 0 Å². The molecule has 2 aliphatic carbocycles. The minimum absolute atomic E-state index is 0.0169. The van der Waals surface area contributed by atoms with E-state index in [9.17, 15) is 0 Å². The van der Waals surface area contributed by atoms with Gasteiger partial charge >= 0.3 is 0 Å². The summed E-state index contributed by atoms with van der Waals surface area (Å²) in [5, 5.41) is 0. The van der Waals surface area contributed by atoms with Crippen molar-refractivity contribution >= 4 is 5.57 Å². The van der Waals surface area contributed by atoms with Crippen molar-refractivity contribution in [1.29, 1.82) is 0 Å². The Kier molecular flexibility index (Phi) is 10.0. The lowest BCUT2D eigenvalue weighted by molar-refractivity contribution is 0.313. The van der Waals surface area contributed by atoms with Crippen molar-refractivity contribution in [3.8, 4) is 0 Å². The molecule has 0 heterocycles. The molecule has 230 valence electrons. The topological polar surface area (TPSA) is 0 Å². The van der Waals surface area contributed by atoms with Gasteiger partial charge in [0.15, 0.2) is 0 Å². The van der Waals surface area contributed by atoms with Crippen LogP contribution in [0.5, 0.6) is 0 Å². The number of allylic oxidation sites excluding steroid dienone is 12. The van der Waals surface area contributed by atoms with Crippen LogP contribution in [-0.2, 0) is 5.41 Å². The normalized spacial score (nSPS) is 19.9. The second kappa shape index (κ2) is 12.3. The maximum atomic E-state index is 2.60. The predicted molar refractivity (Wildman–Crippen MR) is 189 cm³/mol. The number of hydrogen-bond acceptors (Lipinski definition) is 0. The summed E-state index contributed by atoms with van der Waals surface area (Å²) in [5.41, 5.74) is 14.2. The first-order valence-corrected chi connectivity index (χ1v) is 16.5. The molecule has 0 spiro atoms. The van der Waals surface area contributed by atoms with E-state index in [0.29, 0.717) is 11.8 Å². The fraction of sp³-hybridized carbons (Fsp3) is 0.571. The molecule has 0 aromatic heterocycles. The van der Waals surface area contributed by atoms with Crippen LogP contribution in [0.15, 0.2) is 82.5 Å². The molecule has 0 radical (unpaired) electrons. The molecule has 1 aromatic rings. The van der Waals surface area contributed by atoms with Crippen molar-refractivity contribution in [1.82, 2.24) is 0 Å². The molecule has 0 nitrogen and oxygen atoms in total. The zero-order valence-corrected chi connectivity index (χ0v) is 30.0. The number of hydrogen-bond donors (Lipinski definition) is 0. The van der Waals surface area contributed by atoms with Crippen molar-refractivity contribution in [3.05, 3.63) is 99.2 Å². The Balaban J connectivity index is 2.37. The quantitative estimate of drug-likeness (QED) is 0.274. The molecule has 0 N–H and O–H groups in total. The summed E-state index contributed by atoms with van der Waals surface area (Å²) in [7, 11) is 0. The third kappa shape index (κ3) is 7.06. The molecule has 0 aliphatic heterocycles. The first kappa shape index (κ1) is 34.2. The van der Waals surface area contributed by atoms with Crippen molar-refractivity contribution in [2.24, 2.45) is 22.2 Å². The van der Waals surface area contributed by atoms with Crippen LogP contribution < -0.4 is 0 Å². The van der Waals surface area contributed by atoms with E-state index < -0.39 is 0 Å². The summed E-state index contributed by atoms with van der Waals surface area (Å²) in [6.07, 6.45) is 17.1. The molecule has 1 aromatic carbocycles. The van der Waals surface area contributed by atoms with E-state index in [2.05, 4.69) is 159 Å². The Morgan fingerprint density at radius 3 is 2.07 bits per heavy atom. The van der Waals surface area contributed by atoms with E-state index in [1.54, 1.807) is 22.3 Å². The SMILES string of the molecule is C/C=C\C=C/C/C(=C/C(C)C(C)(C)C)C1=C(CC)C(C(C)(C)C2=C(C)CC(C(C)(C)C)=C2)c2cc(C(C)(C)C)ccc21. The number of benzene rings is 1. The third-order valence-electron chi connectivity index (χ3n) is 10.1. The molecule has 2 aliphatic rings. The fourth-order valence-electron chi connectivity index (χ4n) is 6.88. The number of rotatable bonds is 8. The van der Waals surface area contributed by atoms with Crippen LogP contribution in [0.25, 0.3) is 5.57 Å². The van der Waals surface area contributed by atoms with E-state index in [1.165, 1.54) is 27.8 Å². The molecule has 0 amide bonds. The van der Waals surface area contributed by atoms with E-state index in [0.717, 1.165) is 19.3 Å². The average Bonchev–Trinajstić information content (AvgIpc) is 3.43. The molecule has 0 saturated carbocycles. The van der Waals surface area contributed by atoms with Crippen molar-refractivity contribution < 1.29 is 0 Å². The Hall–Kier alpha value is -2.34. The zero-order chi connectivity index (χ0) is 31.8. The average molecular weight is 567 g/mol. The van der Waals surface area contributed by atoms with Crippen molar-refractivity contribution in [2.45, 2.75) is 134 Å². The standard InChI is InChI=1S/C42H62/c1-16-18-19-20-21-30(25-29(4)39(5,6)7)37-33(17-2)38(35-26-31(40(8,9)10)22-23-34(35)37)42(14,15)36-27-32(24-28(36)3)41(11,12)13/h16,18-20,22-23,25-27,29,38H,17,21,24H2,1-15H3/b18-16-,20-19-,30-25-. The van der Waals surface area contributed by atoms with Gasteiger partial charge in [-0.1, -0.05) is 161 Å². The highest BCUT2D eigenvalue weighted by Crippen LogP contribution is 2.59. The van der Waals surface area contributed by atoms with E-state index in [-0.39, 0.29) is 21.7 Å². The van der Waals surface area contributed by atoms with Crippen LogP contribution in [0.3, 0.4) is 0 Å². The van der Waals surface area contributed by atoms with E-state index in [4.69, 9.17) is 0 Å². The summed E-state index contributed by atoms with van der Waals surface area (Å²) in [6.45, 7) is 35.6. The van der Waals surface area contributed by atoms with Gasteiger partial charge in [-0.15, -0.1) is 0 Å². The van der Waals surface area contributed by atoms with Crippen molar-refractivity contribution in [2.75, 3.05) is 0 Å². The molecule has 2 unspecified atom stereocenters. The fourth-order valence-corrected chi connectivity index (χ4v) is 6.88. The van der Waals surface area contributed by atoms with Crippen LogP contribution in [0.4, 0.5) is 0 Å². The lowest BCUT2D eigenvalue weighted by atomic mass is 9.66. The van der Waals surface area contributed by atoms with Gasteiger partial charge in [-0.3, -0.25) is 0 Å². The van der Waals surface area contributed by atoms with Gasteiger partial charge in [-0.05, 0) is 88.7 Å². The van der Waals surface area contributed by atoms with Gasteiger partial charge in [-0.2, -0.15) is 0 Å². The van der Waals surface area contributed by atoms with Crippen LogP contribution in [0.1, 0.15) is 146 Å². The third-order valence-corrected chi connectivity index (χ3v) is 10.1. The summed E-state index contributed by atoms with van der Waals surface area (Å²) in [5.74, 6) is 0.817. The lowest BCUT2D eigenvalue weighted by Gasteiger charge is -2.37. The maximum Gasteiger partial charge on any atom is 0.0155 e. The molecule has 2 atom stereocenters. The zero-order valence-electron chi connectivity index (χ0n) is 30.0. The van der Waals surface area contributed by atoms with Crippen LogP contribution in [0, 0.1) is 22.2 Å². The smallest absolute Gasteiger partial charge is 0.0155 e. The Morgan fingerprint density at radius 1 is 0.929 bits per heavy atom. The van der Waals surface area contributed by atoms with Crippen molar-refractivity contribution in [3.63, 3.8) is 0 Å². The molecule has 0 heteroatoms. The molecule has 3 rings (SSSR count). The van der Waals surface area contributed by atoms with Gasteiger partial charge in [0.2, 0.25) is 0 Å². The highest BCUT2D eigenvalue weighted by molar-refractivity contribution is 5.89. The second-order valence-electron chi connectivity index (χ2n) is 16.8. The maximum absolute atomic E-state index is 2.60. The highest BCUT2D eigenvalue weighted by Gasteiger charge is 2.44. The van der Waals surface area contributed by atoms with E-state index >= 15 is 0 Å². The van der Waals surface area contributed by atoms with Crippen LogP contribution in [-0.4, -0.2) is 0 Å². The summed E-state index contributed by atoms with van der Waals surface area (Å²) >= 11 is 0. The van der Waals surface area contributed by atoms with Gasteiger partial charge in [0, 0.05) is 11.3 Å². The minimum Gasteiger partial charge on any atom is -0.0877 e. The predicted octanol–water partition coefficient (Wildman–Crippen LogP) is 13.1. The van der Waals surface area contributed by atoms with Crippen LogP contribution in [0.2, 0.25) is 0 Å². The van der Waals surface area contributed by atoms with Gasteiger partial charge in [0.05, 0.1) is 0 Å². The van der Waals surface area contributed by atoms with Gasteiger partial charge in [-0.25, -0.2) is 0 Å². The molecular formula is C42H62. The first-order valence-electron chi connectivity index (χ1n) is 16.5. The van der Waals surface area contributed by atoms with E-state index in [1.807, 2.05) is 0 Å². The monoisotopic (exact) mass is 566 g/mol. The minimum atomic E-state index is -0.0169. The summed E-state index contributed by atoms with van der Waals surface area (Å²) in [4.78, 5) is 0. The molecule has 0 saturated heterocycles. The van der Waals surface area contributed by atoms with Crippen LogP contribution >= 0.6 is 0 Å². The lowest BCUT2D eigenvalue weighted by Crippen LogP contribution is -2.25. The Morgan fingerprint density at radius 2 is 1.57 bits per heavy atom. The molecule has 0 fully saturated rings. The molecule has 0 bridgehead atoms. The largest absolute Gasteiger partial charge is 0.0877 e. The summed E-state index contributed by atoms with van der Waals surface area (Å²) < 4.78 is 0. The van der Waals surface area contributed by atoms with Gasteiger partial charge in [0.25, 0.3) is 0 Å². The van der Waals surface area contributed by atoms with Gasteiger partial charge in [0.1, 0.15) is 0 Å². The second-order valence-corrected chi connectivity index (χ2v) is 16.8.